The van der Waals surface area contributed by atoms with Crippen LogP contribution in [0.3, 0.4) is 0 Å². The molecule has 0 spiro atoms. The van der Waals surface area contributed by atoms with Gasteiger partial charge in [0.05, 0.1) is 5.69 Å². The lowest BCUT2D eigenvalue weighted by molar-refractivity contribution is -0.116. The molecule has 1 aliphatic carbocycles. The molecule has 1 amide bonds. The molecule has 1 saturated carbocycles. The highest BCUT2D eigenvalue weighted by molar-refractivity contribution is 7.14. The van der Waals surface area contributed by atoms with Gasteiger partial charge in [0.1, 0.15) is 11.4 Å². The molecule has 0 bridgehead atoms. The summed E-state index contributed by atoms with van der Waals surface area (Å²) in [7, 11) is 0. The Morgan fingerprint density at radius 2 is 2.41 bits per heavy atom. The highest BCUT2D eigenvalue weighted by Gasteiger charge is 2.29. The fourth-order valence-electron chi connectivity index (χ4n) is 2.14. The van der Waals surface area contributed by atoms with Crippen LogP contribution in [0.15, 0.2) is 34.4 Å². The Balaban J connectivity index is 1.50. The normalized spacial score (nSPS) is 14.2. The molecule has 0 saturated heterocycles. The van der Waals surface area contributed by atoms with Crippen LogP contribution in [-0.4, -0.2) is 25.8 Å². The second kappa shape index (κ2) is 5.38. The number of carbonyl (C=O) groups excluding carboxylic acids is 1. The third kappa shape index (κ3) is 2.64. The van der Waals surface area contributed by atoms with Gasteiger partial charge in [-0.2, -0.15) is 10.1 Å². The number of nitrogens with one attached hydrogen (secondary N) is 1. The van der Waals surface area contributed by atoms with Crippen molar-refractivity contribution in [1.29, 1.82) is 0 Å². The minimum atomic E-state index is -0.148. The van der Waals surface area contributed by atoms with Gasteiger partial charge < -0.3 is 9.84 Å². The molecule has 3 heterocycles. The molecule has 0 atom stereocenters. The van der Waals surface area contributed by atoms with E-state index < -0.39 is 0 Å². The molecule has 8 heteroatoms. The van der Waals surface area contributed by atoms with E-state index in [0.29, 0.717) is 17.5 Å². The van der Waals surface area contributed by atoms with Crippen molar-refractivity contribution < 1.29 is 9.32 Å². The molecule has 1 aliphatic rings. The van der Waals surface area contributed by atoms with Crippen LogP contribution in [0.1, 0.15) is 24.6 Å². The van der Waals surface area contributed by atoms with E-state index in [1.807, 2.05) is 11.4 Å². The first-order valence-electron chi connectivity index (χ1n) is 6.98. The minimum Gasteiger partial charge on any atom is -0.333 e. The summed E-state index contributed by atoms with van der Waals surface area (Å²) in [5, 5.41) is 12.8. The number of anilines is 1. The van der Waals surface area contributed by atoms with Gasteiger partial charge in [0.25, 0.3) is 5.89 Å². The zero-order valence-corrected chi connectivity index (χ0v) is 12.4. The minimum absolute atomic E-state index is 0.148. The van der Waals surface area contributed by atoms with Crippen LogP contribution in [0.2, 0.25) is 0 Å². The number of hydrogen-bond donors (Lipinski definition) is 1. The number of aromatic nitrogens is 4. The van der Waals surface area contributed by atoms with Gasteiger partial charge in [0.15, 0.2) is 5.82 Å². The Hall–Kier alpha value is -2.48. The number of amides is 1. The van der Waals surface area contributed by atoms with Crippen molar-refractivity contribution in [2.45, 2.75) is 25.3 Å². The van der Waals surface area contributed by atoms with Crippen molar-refractivity contribution in [3.05, 3.63) is 35.7 Å². The van der Waals surface area contributed by atoms with Crippen molar-refractivity contribution in [3.8, 4) is 10.8 Å². The molecule has 112 valence electrons. The molecule has 0 aliphatic heterocycles. The average molecular weight is 315 g/mol. The lowest BCUT2D eigenvalue weighted by Crippen LogP contribution is -2.18. The molecule has 22 heavy (non-hydrogen) atoms. The van der Waals surface area contributed by atoms with E-state index >= 15 is 0 Å². The van der Waals surface area contributed by atoms with Crippen LogP contribution in [0.4, 0.5) is 5.69 Å². The summed E-state index contributed by atoms with van der Waals surface area (Å²) in [4.78, 5) is 17.3. The highest BCUT2D eigenvalue weighted by Crippen LogP contribution is 2.40. The number of hydrogen-bond acceptors (Lipinski definition) is 6. The van der Waals surface area contributed by atoms with Crippen molar-refractivity contribution >= 4 is 22.9 Å². The quantitative estimate of drug-likeness (QED) is 0.782. The second-order valence-electron chi connectivity index (χ2n) is 5.15. The Kier molecular flexibility index (Phi) is 3.23. The largest absolute Gasteiger partial charge is 0.333 e. The SMILES string of the molecule is O=C(Cn1cccn1)Nc1ccsc1-c1nc(C2CC2)no1. The first-order chi connectivity index (χ1) is 10.8. The zero-order chi connectivity index (χ0) is 14.9. The van der Waals surface area contributed by atoms with E-state index in [1.165, 1.54) is 11.3 Å². The van der Waals surface area contributed by atoms with Crippen molar-refractivity contribution in [1.82, 2.24) is 19.9 Å². The fourth-order valence-corrected chi connectivity index (χ4v) is 2.91. The summed E-state index contributed by atoms with van der Waals surface area (Å²) in [5.41, 5.74) is 0.688. The average Bonchev–Trinajstić information content (AvgIpc) is 2.95. The second-order valence-corrected chi connectivity index (χ2v) is 6.06. The van der Waals surface area contributed by atoms with Gasteiger partial charge >= 0.3 is 0 Å². The predicted octanol–water partition coefficient (Wildman–Crippen LogP) is 2.51. The molecule has 1 fully saturated rings. The summed E-state index contributed by atoms with van der Waals surface area (Å²) in [5.74, 6) is 1.52. The number of nitrogens with zero attached hydrogens (tertiary/aromatic N) is 4. The van der Waals surface area contributed by atoms with Crippen molar-refractivity contribution in [2.75, 3.05) is 5.32 Å². The Bertz CT molecular complexity index is 788. The molecule has 3 aromatic rings. The summed E-state index contributed by atoms with van der Waals surface area (Å²) in [6.07, 6.45) is 5.63. The summed E-state index contributed by atoms with van der Waals surface area (Å²) in [6, 6.07) is 3.61. The van der Waals surface area contributed by atoms with Crippen molar-refractivity contribution in [2.24, 2.45) is 0 Å². The third-order valence-electron chi connectivity index (χ3n) is 3.38. The third-order valence-corrected chi connectivity index (χ3v) is 4.28. The smallest absolute Gasteiger partial charge is 0.270 e. The van der Waals surface area contributed by atoms with Gasteiger partial charge in [0, 0.05) is 18.3 Å². The summed E-state index contributed by atoms with van der Waals surface area (Å²) < 4.78 is 6.89. The maximum Gasteiger partial charge on any atom is 0.270 e. The van der Waals surface area contributed by atoms with E-state index in [4.69, 9.17) is 4.52 Å². The van der Waals surface area contributed by atoms with Gasteiger partial charge in [0.2, 0.25) is 5.91 Å². The molecule has 1 N–H and O–H groups in total. The Morgan fingerprint density at radius 1 is 1.50 bits per heavy atom. The lowest BCUT2D eigenvalue weighted by Gasteiger charge is -2.04. The van der Waals surface area contributed by atoms with Gasteiger partial charge in [-0.15, -0.1) is 11.3 Å². The first kappa shape index (κ1) is 13.2. The van der Waals surface area contributed by atoms with Crippen LogP contribution in [0, 0.1) is 0 Å². The van der Waals surface area contributed by atoms with Gasteiger partial charge in [-0.25, -0.2) is 0 Å². The Morgan fingerprint density at radius 3 is 3.18 bits per heavy atom. The molecule has 7 nitrogen and oxygen atoms in total. The lowest BCUT2D eigenvalue weighted by atomic mass is 10.3. The van der Waals surface area contributed by atoms with Crippen LogP contribution < -0.4 is 5.32 Å². The van der Waals surface area contributed by atoms with Gasteiger partial charge in [-0.05, 0) is 30.4 Å². The number of rotatable bonds is 5. The fraction of sp³-hybridized carbons (Fsp3) is 0.286. The topological polar surface area (TPSA) is 85.8 Å². The van der Waals surface area contributed by atoms with Crippen LogP contribution in [0.25, 0.3) is 10.8 Å². The highest BCUT2D eigenvalue weighted by atomic mass is 32.1. The molecule has 0 aromatic carbocycles. The maximum absolute atomic E-state index is 12.1. The number of thiophene rings is 1. The number of carbonyl (C=O) groups is 1. The maximum atomic E-state index is 12.1. The molecule has 4 rings (SSSR count). The molecule has 0 radical (unpaired) electrons. The van der Waals surface area contributed by atoms with Crippen LogP contribution >= 0.6 is 11.3 Å². The first-order valence-corrected chi connectivity index (χ1v) is 7.86. The Labute approximate surface area is 130 Å². The molecular weight excluding hydrogens is 302 g/mol. The van der Waals surface area contributed by atoms with E-state index in [9.17, 15) is 4.79 Å². The van der Waals surface area contributed by atoms with E-state index in [0.717, 1.165) is 23.5 Å². The van der Waals surface area contributed by atoms with E-state index in [-0.39, 0.29) is 12.5 Å². The van der Waals surface area contributed by atoms with Crippen LogP contribution in [-0.2, 0) is 11.3 Å². The molecule has 0 unspecified atom stereocenters. The van der Waals surface area contributed by atoms with E-state index in [2.05, 4.69) is 20.6 Å². The van der Waals surface area contributed by atoms with Crippen LogP contribution in [0.5, 0.6) is 0 Å². The van der Waals surface area contributed by atoms with Gasteiger partial charge in [-0.1, -0.05) is 5.16 Å². The zero-order valence-electron chi connectivity index (χ0n) is 11.6. The van der Waals surface area contributed by atoms with E-state index in [1.54, 1.807) is 23.1 Å². The van der Waals surface area contributed by atoms with Gasteiger partial charge in [-0.3, -0.25) is 9.48 Å². The summed E-state index contributed by atoms with van der Waals surface area (Å²) >= 11 is 1.46. The molecule has 3 aromatic heterocycles. The monoisotopic (exact) mass is 315 g/mol. The standard InChI is InChI=1S/C14H13N5O2S/c20-11(8-19-6-1-5-15-19)16-10-4-7-22-12(10)14-17-13(18-21-14)9-2-3-9/h1,4-7,9H,2-3,8H2,(H,16,20). The van der Waals surface area contributed by atoms with Crippen molar-refractivity contribution in [3.63, 3.8) is 0 Å². The summed E-state index contributed by atoms with van der Waals surface area (Å²) in [6.45, 7) is 0.166. The molecular formula is C14H13N5O2S. The predicted molar refractivity (Wildman–Crippen MR) is 80.4 cm³/mol.